The van der Waals surface area contributed by atoms with E-state index in [1.807, 2.05) is 13.8 Å². The third-order valence-electron chi connectivity index (χ3n) is 2.34. The van der Waals surface area contributed by atoms with Gasteiger partial charge in [-0.05, 0) is 5.92 Å². The second-order valence-electron chi connectivity index (χ2n) is 3.58. The van der Waals surface area contributed by atoms with Crippen molar-refractivity contribution in [2.24, 2.45) is 5.92 Å². The van der Waals surface area contributed by atoms with Crippen LogP contribution in [0.15, 0.2) is 0 Å². The predicted molar refractivity (Wildman–Crippen MR) is 43.3 cm³/mol. The topological polar surface area (TPSA) is 81.3 Å². The molecule has 1 aliphatic rings. The van der Waals surface area contributed by atoms with Gasteiger partial charge in [0.2, 0.25) is 5.91 Å². The number of nitrogens with one attached hydrogen (secondary N) is 2. The van der Waals surface area contributed by atoms with Gasteiger partial charge in [0.1, 0.15) is 0 Å². The summed E-state index contributed by atoms with van der Waals surface area (Å²) in [6.45, 7) is 3.87. The summed E-state index contributed by atoms with van der Waals surface area (Å²) in [5, 5.41) is 16.0. The zero-order valence-electron chi connectivity index (χ0n) is 8.72. The number of carboxylic acid groups (broad SMARTS) is 1. The normalized spacial score (nSPS) is 25.8. The van der Waals surface area contributed by atoms with Crippen LogP contribution in [0.3, 0.4) is 0 Å². The zero-order valence-corrected chi connectivity index (χ0v) is 10.7. The van der Waals surface area contributed by atoms with E-state index in [4.69, 9.17) is 0 Å². The van der Waals surface area contributed by atoms with Gasteiger partial charge in [0.15, 0.2) is 0 Å². The van der Waals surface area contributed by atoms with Crippen LogP contribution in [0.5, 0.6) is 0 Å². The molecule has 0 aliphatic carbocycles. The summed E-state index contributed by atoms with van der Waals surface area (Å²) in [6.07, 6.45) is -0.198. The number of carbonyl (C=O) groups excluding carboxylic acids is 2. The Morgan fingerprint density at radius 1 is 1.64 bits per heavy atom. The van der Waals surface area contributed by atoms with E-state index in [9.17, 15) is 14.7 Å². The van der Waals surface area contributed by atoms with Gasteiger partial charge in [-0.1, -0.05) is 13.8 Å². The monoisotopic (exact) mass is 208 g/mol. The maximum atomic E-state index is 11.0. The number of hydrogen-bond donors (Lipinski definition) is 2. The first-order chi connectivity index (χ1) is 5.96. The molecule has 1 fully saturated rings. The molecule has 1 heterocycles. The molecule has 0 saturated carbocycles. The maximum absolute atomic E-state index is 11.0. The number of carboxylic acids is 1. The molecule has 1 amide bonds. The van der Waals surface area contributed by atoms with Gasteiger partial charge in [0, 0.05) is 12.4 Å². The summed E-state index contributed by atoms with van der Waals surface area (Å²) in [4.78, 5) is 21.4. The summed E-state index contributed by atoms with van der Waals surface area (Å²) < 4.78 is 0. The Morgan fingerprint density at radius 3 is 2.50 bits per heavy atom. The van der Waals surface area contributed by atoms with Crippen molar-refractivity contribution in [3.05, 3.63) is 0 Å². The maximum Gasteiger partial charge on any atom is 1.00 e. The minimum Gasteiger partial charge on any atom is -0.550 e. The minimum absolute atomic E-state index is 0. The largest absolute Gasteiger partial charge is 1.00 e. The molecule has 14 heavy (non-hydrogen) atoms. The van der Waals surface area contributed by atoms with E-state index in [2.05, 4.69) is 10.6 Å². The van der Waals surface area contributed by atoms with E-state index in [0.29, 0.717) is 0 Å². The fourth-order valence-corrected chi connectivity index (χ4v) is 1.46. The Balaban J connectivity index is 0.00000169. The molecule has 5 nitrogen and oxygen atoms in total. The molecule has 0 aromatic heterocycles. The zero-order chi connectivity index (χ0) is 10.1. The van der Waals surface area contributed by atoms with Crippen molar-refractivity contribution in [2.45, 2.75) is 25.9 Å². The molecule has 0 bridgehead atoms. The van der Waals surface area contributed by atoms with Gasteiger partial charge in [-0.15, -0.1) is 0 Å². The van der Waals surface area contributed by atoms with Gasteiger partial charge in [-0.3, -0.25) is 10.1 Å². The molecule has 1 aliphatic heterocycles. The summed E-state index contributed by atoms with van der Waals surface area (Å²) in [6, 6.07) is 0. The van der Waals surface area contributed by atoms with E-state index >= 15 is 0 Å². The Bertz CT molecular complexity index is 245. The smallest absolute Gasteiger partial charge is 0.550 e. The van der Waals surface area contributed by atoms with E-state index < -0.39 is 11.6 Å². The average Bonchev–Trinajstić information content (AvgIpc) is 2.31. The van der Waals surface area contributed by atoms with Gasteiger partial charge in [-0.25, -0.2) is 0 Å². The Kier molecular flexibility index (Phi) is 5.08. The second kappa shape index (κ2) is 5.11. The number of amides is 1. The van der Waals surface area contributed by atoms with Crippen molar-refractivity contribution >= 4 is 11.9 Å². The van der Waals surface area contributed by atoms with Crippen molar-refractivity contribution in [2.75, 3.05) is 6.54 Å². The van der Waals surface area contributed by atoms with Gasteiger partial charge in [0.05, 0.1) is 12.2 Å². The quantitative estimate of drug-likeness (QED) is 0.456. The summed E-state index contributed by atoms with van der Waals surface area (Å²) >= 11 is 0. The summed E-state index contributed by atoms with van der Waals surface area (Å²) in [5.74, 6) is -1.32. The van der Waals surface area contributed by atoms with Crippen LogP contribution in [0.4, 0.5) is 0 Å². The first kappa shape index (κ1) is 13.9. The second-order valence-corrected chi connectivity index (χ2v) is 3.58. The van der Waals surface area contributed by atoms with Crippen molar-refractivity contribution in [1.82, 2.24) is 10.6 Å². The molecule has 0 radical (unpaired) electrons. The summed E-state index contributed by atoms with van der Waals surface area (Å²) in [7, 11) is 0. The molecule has 0 aromatic carbocycles. The molecule has 1 saturated heterocycles. The Morgan fingerprint density at radius 2 is 2.21 bits per heavy atom. The standard InChI is InChI=1S/C8H14N2O3.Na/c1-5(2)8(3-7(12)13)9-4-6(11)10-8;/h5,9H,3-4H2,1-2H3,(H,10,11)(H,12,13);/q;+1/p-1. The van der Waals surface area contributed by atoms with Crippen LogP contribution >= 0.6 is 0 Å². The van der Waals surface area contributed by atoms with Gasteiger partial charge in [0.25, 0.3) is 0 Å². The molecule has 0 aromatic rings. The Hall–Kier alpha value is -0.100. The molecule has 1 atom stereocenters. The van der Waals surface area contributed by atoms with Crippen molar-refractivity contribution in [1.29, 1.82) is 0 Å². The van der Waals surface area contributed by atoms with Gasteiger partial charge >= 0.3 is 29.6 Å². The van der Waals surface area contributed by atoms with Crippen LogP contribution in [0.1, 0.15) is 20.3 Å². The SMILES string of the molecule is CC(C)C1(CC(=O)[O-])NCC(=O)N1.[Na+]. The number of hydrogen-bond acceptors (Lipinski definition) is 4. The fraction of sp³-hybridized carbons (Fsp3) is 0.750. The van der Waals surface area contributed by atoms with Crippen LogP contribution in [-0.2, 0) is 9.59 Å². The molecule has 1 unspecified atom stereocenters. The van der Waals surface area contributed by atoms with E-state index in [1.54, 1.807) is 0 Å². The fourth-order valence-electron chi connectivity index (χ4n) is 1.46. The van der Waals surface area contributed by atoms with E-state index in [0.717, 1.165) is 0 Å². The molecule has 6 heteroatoms. The van der Waals surface area contributed by atoms with Crippen LogP contribution < -0.4 is 45.3 Å². The first-order valence-corrected chi connectivity index (χ1v) is 4.22. The van der Waals surface area contributed by atoms with Crippen molar-refractivity contribution in [3.8, 4) is 0 Å². The molecule has 74 valence electrons. The van der Waals surface area contributed by atoms with Crippen LogP contribution in [-0.4, -0.2) is 24.1 Å². The number of carbonyl (C=O) groups is 2. The summed E-state index contributed by atoms with van der Waals surface area (Å²) in [5.41, 5.74) is -0.823. The Labute approximate surface area is 105 Å². The van der Waals surface area contributed by atoms with Crippen molar-refractivity contribution in [3.63, 3.8) is 0 Å². The van der Waals surface area contributed by atoms with E-state index in [1.165, 1.54) is 0 Å². The molecule has 2 N–H and O–H groups in total. The van der Waals surface area contributed by atoms with Crippen LogP contribution in [0.25, 0.3) is 0 Å². The molecule has 1 rings (SSSR count). The minimum atomic E-state index is -1.16. The third kappa shape index (κ3) is 2.95. The molecular weight excluding hydrogens is 195 g/mol. The van der Waals surface area contributed by atoms with Crippen LogP contribution in [0.2, 0.25) is 0 Å². The third-order valence-corrected chi connectivity index (χ3v) is 2.34. The predicted octanol–water partition coefficient (Wildman–Crippen LogP) is -4.80. The van der Waals surface area contributed by atoms with Crippen LogP contribution in [0, 0.1) is 5.92 Å². The molecular formula is C8H13N2NaO3. The van der Waals surface area contributed by atoms with Gasteiger partial charge < -0.3 is 15.2 Å². The first-order valence-electron chi connectivity index (χ1n) is 4.22. The number of rotatable bonds is 3. The number of aliphatic carboxylic acids is 1. The van der Waals surface area contributed by atoms with Gasteiger partial charge in [-0.2, -0.15) is 0 Å². The average molecular weight is 208 g/mol. The molecule has 0 spiro atoms. The van der Waals surface area contributed by atoms with E-state index in [-0.39, 0.29) is 54.3 Å². The van der Waals surface area contributed by atoms with Crippen molar-refractivity contribution < 1.29 is 44.3 Å².